The van der Waals surface area contributed by atoms with Crippen LogP contribution in [0.15, 0.2) is 40.9 Å². The van der Waals surface area contributed by atoms with Crippen molar-refractivity contribution in [1.29, 1.82) is 0 Å². The molecule has 3 rings (SSSR count). The minimum atomic E-state index is 0.273. The fraction of sp³-hybridized carbons (Fsp3) is 0.267. The molecule has 0 saturated heterocycles. The van der Waals surface area contributed by atoms with E-state index in [0.29, 0.717) is 13.2 Å². The van der Waals surface area contributed by atoms with Gasteiger partial charge in [0.15, 0.2) is 11.5 Å². The fourth-order valence-electron chi connectivity index (χ4n) is 1.79. The Morgan fingerprint density at radius 1 is 1.19 bits per heavy atom. The molecule has 1 aliphatic heterocycles. The van der Waals surface area contributed by atoms with Gasteiger partial charge < -0.3 is 19.0 Å². The number of fused-ring (bicyclic) bond motifs is 1. The number of rotatable bonds is 7. The lowest BCUT2D eigenvalue weighted by Gasteiger charge is -2.06. The van der Waals surface area contributed by atoms with Crippen molar-refractivity contribution in [3.63, 3.8) is 0 Å². The summed E-state index contributed by atoms with van der Waals surface area (Å²) in [5.41, 5.74) is 0. The molecule has 2 aromatic rings. The van der Waals surface area contributed by atoms with Crippen LogP contribution >= 0.6 is 11.3 Å². The molecule has 6 heteroatoms. The molecule has 2 heterocycles. The third kappa shape index (κ3) is 3.88. The van der Waals surface area contributed by atoms with E-state index >= 15 is 0 Å². The molecule has 0 N–H and O–H groups in total. The van der Waals surface area contributed by atoms with Gasteiger partial charge in [0.25, 0.3) is 0 Å². The molecule has 0 amide bonds. The highest BCUT2D eigenvalue weighted by Crippen LogP contribution is 2.35. The van der Waals surface area contributed by atoms with Crippen LogP contribution in [-0.4, -0.2) is 26.2 Å². The van der Waals surface area contributed by atoms with Gasteiger partial charge in [-0.05, 0) is 23.6 Å². The first-order valence-electron chi connectivity index (χ1n) is 6.63. The molecule has 0 bridgehead atoms. The Kier molecular flexibility index (Phi) is 4.58. The number of hydrogen-bond acceptors (Lipinski definition) is 6. The van der Waals surface area contributed by atoms with Gasteiger partial charge in [-0.3, -0.25) is 0 Å². The van der Waals surface area contributed by atoms with E-state index in [4.69, 9.17) is 19.0 Å². The molecule has 1 aliphatic rings. The van der Waals surface area contributed by atoms with Gasteiger partial charge in [-0.2, -0.15) is 0 Å². The Morgan fingerprint density at radius 3 is 3.05 bits per heavy atom. The van der Waals surface area contributed by atoms with Crippen LogP contribution in [0.2, 0.25) is 0 Å². The van der Waals surface area contributed by atoms with Crippen LogP contribution in [0.4, 0.5) is 0 Å². The van der Waals surface area contributed by atoms with E-state index in [9.17, 15) is 0 Å². The maximum absolute atomic E-state index is 5.62. The lowest BCUT2D eigenvalue weighted by Crippen LogP contribution is -2.01. The van der Waals surface area contributed by atoms with Crippen LogP contribution in [0.3, 0.4) is 0 Å². The van der Waals surface area contributed by atoms with E-state index in [2.05, 4.69) is 5.16 Å². The van der Waals surface area contributed by atoms with Crippen LogP contribution < -0.4 is 14.2 Å². The van der Waals surface area contributed by atoms with Gasteiger partial charge in [-0.15, -0.1) is 11.3 Å². The second kappa shape index (κ2) is 6.99. The molecule has 0 atom stereocenters. The molecule has 0 spiro atoms. The first-order valence-corrected chi connectivity index (χ1v) is 7.51. The summed E-state index contributed by atoms with van der Waals surface area (Å²) in [4.78, 5) is 6.25. The van der Waals surface area contributed by atoms with Gasteiger partial charge in [0.05, 0.1) is 12.8 Å². The first kappa shape index (κ1) is 13.8. The summed E-state index contributed by atoms with van der Waals surface area (Å²) in [5, 5.41) is 5.90. The summed E-state index contributed by atoms with van der Waals surface area (Å²) in [5.74, 6) is 2.25. The van der Waals surface area contributed by atoms with Gasteiger partial charge in [-0.25, -0.2) is 0 Å². The van der Waals surface area contributed by atoms with Gasteiger partial charge in [0.2, 0.25) is 6.79 Å². The number of oxime groups is 1. The molecule has 1 aromatic heterocycles. The molecule has 1 aromatic carbocycles. The highest BCUT2D eigenvalue weighted by Gasteiger charge is 2.13. The smallest absolute Gasteiger partial charge is 0.231 e. The molecule has 0 radical (unpaired) electrons. The molecule has 21 heavy (non-hydrogen) atoms. The summed E-state index contributed by atoms with van der Waals surface area (Å²) < 4.78 is 16.1. The summed E-state index contributed by atoms with van der Waals surface area (Å²) in [6.45, 7) is 1.36. The maximum atomic E-state index is 5.62. The third-order valence-electron chi connectivity index (χ3n) is 2.79. The van der Waals surface area contributed by atoms with Crippen LogP contribution in [0.1, 0.15) is 11.3 Å². The van der Waals surface area contributed by atoms with Gasteiger partial charge in [0.1, 0.15) is 12.4 Å². The largest absolute Gasteiger partial charge is 0.493 e. The molecule has 110 valence electrons. The quantitative estimate of drug-likeness (QED) is 0.447. The topological polar surface area (TPSA) is 49.3 Å². The van der Waals surface area contributed by atoms with Crippen LogP contribution in [0.5, 0.6) is 17.2 Å². The highest BCUT2D eigenvalue weighted by molar-refractivity contribution is 7.11. The number of ether oxygens (including phenoxy) is 3. The molecule has 0 saturated carbocycles. The minimum absolute atomic E-state index is 0.273. The van der Waals surface area contributed by atoms with Crippen molar-refractivity contribution < 1.29 is 19.0 Å². The highest BCUT2D eigenvalue weighted by atomic mass is 32.1. The Labute approximate surface area is 126 Å². The average molecular weight is 305 g/mol. The second-order valence-corrected chi connectivity index (χ2v) is 5.28. The Balaban J connectivity index is 1.33. The van der Waals surface area contributed by atoms with Crippen molar-refractivity contribution in [2.75, 3.05) is 20.0 Å². The fourth-order valence-corrected chi connectivity index (χ4v) is 2.36. The average Bonchev–Trinajstić information content (AvgIpc) is 3.17. The van der Waals surface area contributed by atoms with Crippen molar-refractivity contribution in [3.8, 4) is 17.2 Å². The third-order valence-corrected chi connectivity index (χ3v) is 3.60. The number of benzene rings is 1. The predicted molar refractivity (Wildman–Crippen MR) is 80.5 cm³/mol. The Morgan fingerprint density at radius 2 is 2.14 bits per heavy atom. The summed E-state index contributed by atoms with van der Waals surface area (Å²) >= 11 is 1.62. The van der Waals surface area contributed by atoms with Crippen LogP contribution in [-0.2, 0) is 4.84 Å². The zero-order valence-electron chi connectivity index (χ0n) is 11.4. The molecule has 0 aliphatic carbocycles. The second-order valence-electron chi connectivity index (χ2n) is 4.30. The summed E-state index contributed by atoms with van der Waals surface area (Å²) in [6.07, 6.45) is 2.47. The molecular weight excluding hydrogens is 290 g/mol. The SMILES string of the molecule is C(=N\OCCCOc1ccc2c(c1)OCO2)/c1cccs1. The molecule has 0 unspecified atom stereocenters. The van der Waals surface area contributed by atoms with E-state index in [1.807, 2.05) is 35.7 Å². The van der Waals surface area contributed by atoms with Gasteiger partial charge in [-0.1, -0.05) is 11.2 Å². The maximum Gasteiger partial charge on any atom is 0.231 e. The van der Waals surface area contributed by atoms with Crippen molar-refractivity contribution in [1.82, 2.24) is 0 Å². The molecule has 5 nitrogen and oxygen atoms in total. The zero-order chi connectivity index (χ0) is 14.3. The number of thiophene rings is 1. The van der Waals surface area contributed by atoms with E-state index in [1.54, 1.807) is 17.6 Å². The standard InChI is InChI=1S/C15H15NO4S/c1-3-13(21-8-1)10-16-20-7-2-6-17-12-4-5-14-15(9-12)19-11-18-14/h1,3-5,8-10H,2,6-7,11H2/b16-10+. The Bertz CT molecular complexity index is 598. The number of hydrogen-bond donors (Lipinski definition) is 0. The summed E-state index contributed by atoms with van der Waals surface area (Å²) in [6, 6.07) is 9.51. The van der Waals surface area contributed by atoms with Crippen molar-refractivity contribution in [2.45, 2.75) is 6.42 Å². The van der Waals surface area contributed by atoms with Crippen molar-refractivity contribution in [3.05, 3.63) is 40.6 Å². The first-order chi connectivity index (χ1) is 10.4. The van der Waals surface area contributed by atoms with Crippen molar-refractivity contribution in [2.24, 2.45) is 5.16 Å². The summed E-state index contributed by atoms with van der Waals surface area (Å²) in [7, 11) is 0. The zero-order valence-corrected chi connectivity index (χ0v) is 12.2. The molecule has 0 fully saturated rings. The normalized spacial score (nSPS) is 12.8. The van der Waals surface area contributed by atoms with Crippen LogP contribution in [0.25, 0.3) is 0 Å². The van der Waals surface area contributed by atoms with Crippen LogP contribution in [0, 0.1) is 0 Å². The van der Waals surface area contributed by atoms with E-state index in [-0.39, 0.29) is 6.79 Å². The van der Waals surface area contributed by atoms with E-state index in [1.165, 1.54) is 0 Å². The monoisotopic (exact) mass is 305 g/mol. The lowest BCUT2D eigenvalue weighted by atomic mass is 10.3. The molecular formula is C15H15NO4S. The minimum Gasteiger partial charge on any atom is -0.493 e. The van der Waals surface area contributed by atoms with Gasteiger partial charge in [0, 0.05) is 17.4 Å². The van der Waals surface area contributed by atoms with Crippen molar-refractivity contribution >= 4 is 17.6 Å². The van der Waals surface area contributed by atoms with Gasteiger partial charge >= 0.3 is 0 Å². The predicted octanol–water partition coefficient (Wildman–Crippen LogP) is 3.30. The van der Waals surface area contributed by atoms with E-state index < -0.39 is 0 Å². The number of nitrogens with zero attached hydrogens (tertiary/aromatic N) is 1. The van der Waals surface area contributed by atoms with E-state index in [0.717, 1.165) is 28.5 Å². The Hall–Kier alpha value is -2.21. The lowest BCUT2D eigenvalue weighted by molar-refractivity contribution is 0.129.